The van der Waals surface area contributed by atoms with E-state index in [1.54, 1.807) is 20.8 Å². The van der Waals surface area contributed by atoms with Crippen LogP contribution >= 0.6 is 11.6 Å². The number of hydrogen-bond donors (Lipinski definition) is 0. The minimum absolute atomic E-state index is 0. The molecule has 26 heavy (non-hydrogen) atoms. The fourth-order valence-electron chi connectivity index (χ4n) is 0.782. The van der Waals surface area contributed by atoms with Crippen LogP contribution in [0.4, 0.5) is 0 Å². The highest BCUT2D eigenvalue weighted by Gasteiger charge is 2.10. The molecule has 0 heterocycles. The number of halogens is 1. The van der Waals surface area contributed by atoms with Gasteiger partial charge in [0.25, 0.3) is 5.78 Å². The largest absolute Gasteiger partial charge is 0.502 e. The third kappa shape index (κ3) is 26.5. The first-order valence-electron chi connectivity index (χ1n) is 7.40. The zero-order valence-corrected chi connectivity index (χ0v) is 15.7. The van der Waals surface area contributed by atoms with Crippen LogP contribution in [0, 0.1) is 0 Å². The molecule has 0 unspecified atom stereocenters. The third-order valence-electron chi connectivity index (χ3n) is 1.68. The van der Waals surface area contributed by atoms with Crippen LogP contribution in [0.15, 0.2) is 25.2 Å². The van der Waals surface area contributed by atoms with Crippen LogP contribution in [0.5, 0.6) is 0 Å². The van der Waals surface area contributed by atoms with Gasteiger partial charge in [-0.1, -0.05) is 14.0 Å². The lowest BCUT2D eigenvalue weighted by Gasteiger charge is -1.95. The molecule has 0 aliphatic rings. The molecule has 152 valence electrons. The van der Waals surface area contributed by atoms with Crippen molar-refractivity contribution >= 4 is 34.6 Å². The van der Waals surface area contributed by atoms with Gasteiger partial charge < -0.3 is 18.9 Å². The Labute approximate surface area is 160 Å². The summed E-state index contributed by atoms with van der Waals surface area (Å²) in [5.41, 5.74) is 0. The predicted octanol–water partition coefficient (Wildman–Crippen LogP) is 2.79. The highest BCUT2D eigenvalue weighted by Crippen LogP contribution is 1.85. The minimum atomic E-state index is -1.08. The van der Waals surface area contributed by atoms with Gasteiger partial charge in [0.05, 0.1) is 39.0 Å². The Balaban J connectivity index is -0.000000150. The Morgan fingerprint density at radius 3 is 1.58 bits per heavy atom. The molecule has 0 aromatic heterocycles. The van der Waals surface area contributed by atoms with Crippen molar-refractivity contribution in [3.8, 4) is 0 Å². The third-order valence-corrected chi connectivity index (χ3v) is 1.83. The van der Waals surface area contributed by atoms with E-state index in [4.69, 9.17) is 16.3 Å². The van der Waals surface area contributed by atoms with Crippen molar-refractivity contribution in [3.63, 3.8) is 0 Å². The van der Waals surface area contributed by atoms with Crippen LogP contribution in [0.3, 0.4) is 0 Å². The van der Waals surface area contributed by atoms with E-state index >= 15 is 0 Å². The maximum Gasteiger partial charge on any atom is 0.391 e. The molecule has 0 rings (SSSR count). The molecule has 0 fully saturated rings. The lowest BCUT2D eigenvalue weighted by Crippen LogP contribution is -2.14. The summed E-state index contributed by atoms with van der Waals surface area (Å²) < 4.78 is 17.9. The molecular formula is C17H29ClO8. The number of carbonyl (C=O) groups is 4. The van der Waals surface area contributed by atoms with E-state index in [2.05, 4.69) is 20.8 Å². The van der Waals surface area contributed by atoms with Gasteiger partial charge >= 0.3 is 17.2 Å². The summed E-state index contributed by atoms with van der Waals surface area (Å²) in [4.78, 5) is 41.3. The van der Waals surface area contributed by atoms with Crippen LogP contribution in [-0.4, -0.2) is 49.4 Å². The van der Waals surface area contributed by atoms with Crippen molar-refractivity contribution in [2.24, 2.45) is 0 Å². The molecule has 0 amide bonds. The van der Waals surface area contributed by atoms with Crippen molar-refractivity contribution in [3.05, 3.63) is 25.2 Å². The summed E-state index contributed by atoms with van der Waals surface area (Å²) in [6.07, 6.45) is 3.65. The van der Waals surface area contributed by atoms with Gasteiger partial charge in [0.1, 0.15) is 0 Å². The topological polar surface area (TPSA) is 105 Å². The Kier molecular flexibility index (Phi) is 30.1. The quantitative estimate of drug-likeness (QED) is 0.192. The maximum absolute atomic E-state index is 10.8. The second-order valence-electron chi connectivity index (χ2n) is 3.46. The van der Waals surface area contributed by atoms with Crippen LogP contribution in [0.1, 0.15) is 35.1 Å². The van der Waals surface area contributed by atoms with Gasteiger partial charge in [0.2, 0.25) is 0 Å². The molecule has 0 aliphatic carbocycles. The van der Waals surface area contributed by atoms with E-state index in [-0.39, 0.29) is 20.6 Å². The van der Waals surface area contributed by atoms with Crippen molar-refractivity contribution in [1.82, 2.24) is 0 Å². The van der Waals surface area contributed by atoms with Gasteiger partial charge in [-0.05, 0) is 39.3 Å². The summed E-state index contributed by atoms with van der Waals surface area (Å²) in [7, 11) is 0. The number of ether oxygens (including phenoxy) is 4. The molecule has 0 spiro atoms. The molecule has 0 bridgehead atoms. The zero-order chi connectivity index (χ0) is 20.1. The zero-order valence-electron chi connectivity index (χ0n) is 14.9. The van der Waals surface area contributed by atoms with Gasteiger partial charge in [0.15, 0.2) is 0 Å². The van der Waals surface area contributed by atoms with Crippen molar-refractivity contribution in [1.29, 1.82) is 0 Å². The highest BCUT2D eigenvalue weighted by molar-refractivity contribution is 6.80. The van der Waals surface area contributed by atoms with Crippen molar-refractivity contribution in [2.75, 3.05) is 26.4 Å². The van der Waals surface area contributed by atoms with Crippen molar-refractivity contribution in [2.45, 2.75) is 35.1 Å². The number of esters is 2. The van der Waals surface area contributed by atoms with Gasteiger partial charge in [-0.3, -0.25) is 9.59 Å². The van der Waals surface area contributed by atoms with E-state index in [1.807, 2.05) is 6.92 Å². The van der Waals surface area contributed by atoms with Gasteiger partial charge in [0, 0.05) is 6.08 Å². The second-order valence-corrected chi connectivity index (χ2v) is 3.80. The van der Waals surface area contributed by atoms with E-state index in [0.29, 0.717) is 6.61 Å². The van der Waals surface area contributed by atoms with Crippen LogP contribution in [0.25, 0.3) is 0 Å². The fraction of sp³-hybridized carbons (Fsp3) is 0.529. The average molecular weight is 397 g/mol. The smallest absolute Gasteiger partial charge is 0.391 e. The van der Waals surface area contributed by atoms with E-state index in [9.17, 15) is 19.2 Å². The number of rotatable bonds is 9. The number of carbonyl (C=O) groups excluding carboxylic acids is 4. The van der Waals surface area contributed by atoms with Crippen LogP contribution in [0.2, 0.25) is 0 Å². The maximum atomic E-state index is 10.8. The first kappa shape index (κ1) is 31.4. The van der Waals surface area contributed by atoms with E-state index in [0.717, 1.165) is 12.7 Å². The first-order chi connectivity index (χ1) is 11.8. The lowest BCUT2D eigenvalue weighted by molar-refractivity contribution is -0.151. The highest BCUT2D eigenvalue weighted by atomic mass is 35.5. The Morgan fingerprint density at radius 2 is 1.31 bits per heavy atom. The SMILES string of the molecule is C.C=COCC.CCO/C=C/C(=O)C(=O)OCC.CCOC(=O)C(=O)Cl. The molecular weight excluding hydrogens is 368 g/mol. The molecule has 8 nitrogen and oxygen atoms in total. The lowest BCUT2D eigenvalue weighted by atomic mass is 10.4. The standard InChI is InChI=1S/C8H12O4.C4H5ClO3.C4H8O.CH4/c1-3-11-6-5-7(9)8(10)12-4-2;1-2-8-4(7)3(5)6;1-3-5-4-2;/h5-6H,3-4H2,1-2H3;2H2,1H3;3H,1,4H2,2H3;1H4/b6-5+;;;. The number of ketones is 1. The average Bonchev–Trinajstić information content (AvgIpc) is 2.57. The minimum Gasteiger partial charge on any atom is -0.502 e. The molecule has 9 heteroatoms. The summed E-state index contributed by atoms with van der Waals surface area (Å²) in [6.45, 7) is 11.8. The van der Waals surface area contributed by atoms with Crippen molar-refractivity contribution < 1.29 is 38.1 Å². The van der Waals surface area contributed by atoms with Gasteiger partial charge in [-0.2, -0.15) is 0 Å². The molecule has 0 aliphatic heterocycles. The molecule has 0 aromatic rings. The van der Waals surface area contributed by atoms with Crippen LogP contribution < -0.4 is 0 Å². The molecule has 0 saturated heterocycles. The fourth-order valence-corrected chi connectivity index (χ4v) is 0.837. The normalized spacial score (nSPS) is 8.35. The Morgan fingerprint density at radius 1 is 0.846 bits per heavy atom. The molecule has 0 saturated carbocycles. The summed E-state index contributed by atoms with van der Waals surface area (Å²) in [6, 6.07) is 0. The monoisotopic (exact) mass is 396 g/mol. The van der Waals surface area contributed by atoms with Gasteiger partial charge in [-0.25, -0.2) is 9.59 Å². The molecule has 0 aromatic carbocycles. The van der Waals surface area contributed by atoms with Gasteiger partial charge in [-0.15, -0.1) is 0 Å². The Bertz CT molecular complexity index is 432. The van der Waals surface area contributed by atoms with E-state index in [1.165, 1.54) is 12.5 Å². The molecule has 0 N–H and O–H groups in total. The molecule has 0 atom stereocenters. The predicted molar refractivity (Wildman–Crippen MR) is 98.5 cm³/mol. The summed E-state index contributed by atoms with van der Waals surface area (Å²) in [5, 5.41) is -1.08. The number of hydrogen-bond acceptors (Lipinski definition) is 8. The van der Waals surface area contributed by atoms with Crippen LogP contribution in [-0.2, 0) is 38.1 Å². The summed E-state index contributed by atoms with van der Waals surface area (Å²) in [5.74, 6) is -2.55. The van der Waals surface area contributed by atoms with E-state index < -0.39 is 23.0 Å². The second kappa shape index (κ2) is 24.9. The Hall–Kier alpha value is -2.35. The first-order valence-corrected chi connectivity index (χ1v) is 7.78. The molecule has 0 radical (unpaired) electrons. The summed E-state index contributed by atoms with van der Waals surface area (Å²) >= 11 is 4.69.